The number of hydrogen-bond acceptors (Lipinski definition) is 9. The van der Waals surface area contributed by atoms with Gasteiger partial charge in [-0.15, -0.1) is 0 Å². The zero-order valence-electron chi connectivity index (χ0n) is 22.2. The fraction of sp³-hybridized carbons (Fsp3) is 0.296. The van der Waals surface area contributed by atoms with Crippen LogP contribution < -0.4 is 26.0 Å². The predicted molar refractivity (Wildman–Crippen MR) is 157 cm³/mol. The van der Waals surface area contributed by atoms with Crippen molar-refractivity contribution in [3.8, 4) is 5.75 Å². The smallest absolute Gasteiger partial charge is 0.252 e. The highest BCUT2D eigenvalue weighted by atomic mass is 35.5. The molecule has 0 spiro atoms. The fourth-order valence-electron chi connectivity index (χ4n) is 4.02. The first kappa shape index (κ1) is 28.6. The summed E-state index contributed by atoms with van der Waals surface area (Å²) in [5, 5.41) is 10.2. The Hall–Kier alpha value is -3.43. The van der Waals surface area contributed by atoms with Crippen molar-refractivity contribution >= 4 is 58.8 Å². The first-order chi connectivity index (χ1) is 18.6. The van der Waals surface area contributed by atoms with Crippen LogP contribution in [-0.2, 0) is 14.1 Å². The second kappa shape index (κ2) is 12.6. The molecule has 0 saturated carbocycles. The normalized spacial score (nSPS) is 13.9. The number of carbonyl (C=O) groups excluding carboxylic acids is 1. The molecule has 0 atom stereocenters. The van der Waals surface area contributed by atoms with Crippen LogP contribution in [0, 0.1) is 0 Å². The summed E-state index contributed by atoms with van der Waals surface area (Å²) in [4.78, 5) is 23.7. The van der Waals surface area contributed by atoms with E-state index in [1.54, 1.807) is 38.6 Å². The fourth-order valence-corrected chi connectivity index (χ4v) is 5.31. The highest BCUT2D eigenvalue weighted by Crippen LogP contribution is 2.39. The lowest BCUT2D eigenvalue weighted by molar-refractivity contribution is -0.113. The van der Waals surface area contributed by atoms with Gasteiger partial charge in [0, 0.05) is 36.2 Å². The predicted octanol–water partition coefficient (Wildman–Crippen LogP) is 4.70. The standard InChI is InChI=1S/C27H32ClN6O4P/c1-18(17-34-11-13-38-14-12-34)26(35)30-19-9-10-23(37-2)22(15-19)32-27-29-16-20(28)25(33-27)31-21-7-5-6-8-24(21)39(3,4)36/h5-10,15-16H,1,11-14,17H2,2-4H3,(H,30,35)(H2,29,31,32,33). The lowest BCUT2D eigenvalue weighted by Gasteiger charge is -2.26. The summed E-state index contributed by atoms with van der Waals surface area (Å²) in [5.74, 6) is 0.845. The Kier molecular flexibility index (Phi) is 9.24. The molecule has 2 heterocycles. The molecule has 0 unspecified atom stereocenters. The minimum Gasteiger partial charge on any atom is -0.495 e. The van der Waals surface area contributed by atoms with Crippen LogP contribution in [0.4, 0.5) is 28.8 Å². The van der Waals surface area contributed by atoms with Gasteiger partial charge in [-0.2, -0.15) is 4.98 Å². The van der Waals surface area contributed by atoms with Crippen molar-refractivity contribution in [2.45, 2.75) is 0 Å². The summed E-state index contributed by atoms with van der Waals surface area (Å²) >= 11 is 6.38. The molecule has 1 aliphatic rings. The molecule has 1 saturated heterocycles. The van der Waals surface area contributed by atoms with Gasteiger partial charge in [0.05, 0.1) is 37.9 Å². The van der Waals surface area contributed by atoms with Crippen LogP contribution in [0.5, 0.6) is 5.75 Å². The van der Waals surface area contributed by atoms with Crippen LogP contribution in [0.15, 0.2) is 60.8 Å². The maximum atomic E-state index is 12.8. The van der Waals surface area contributed by atoms with E-state index in [0.29, 0.717) is 64.3 Å². The van der Waals surface area contributed by atoms with Gasteiger partial charge in [-0.05, 0) is 43.7 Å². The number of amides is 1. The van der Waals surface area contributed by atoms with Gasteiger partial charge < -0.3 is 30.0 Å². The Balaban J connectivity index is 1.51. The number of morpholine rings is 1. The summed E-state index contributed by atoms with van der Waals surface area (Å²) in [6.45, 7) is 10.7. The van der Waals surface area contributed by atoms with Crippen LogP contribution in [0.2, 0.25) is 5.02 Å². The summed E-state index contributed by atoms with van der Waals surface area (Å²) in [5.41, 5.74) is 2.20. The van der Waals surface area contributed by atoms with Gasteiger partial charge in [-0.1, -0.05) is 30.3 Å². The molecular formula is C27H32ClN6O4P. The molecule has 3 N–H and O–H groups in total. The van der Waals surface area contributed by atoms with E-state index in [-0.39, 0.29) is 11.9 Å². The van der Waals surface area contributed by atoms with E-state index >= 15 is 0 Å². The SMILES string of the molecule is C=C(CN1CCOCC1)C(=O)Nc1ccc(OC)c(Nc2ncc(Cl)c(Nc3ccccc3P(C)(C)=O)n2)c1. The molecule has 1 fully saturated rings. The number of ether oxygens (including phenoxy) is 2. The molecule has 1 amide bonds. The van der Waals surface area contributed by atoms with Crippen LogP contribution >= 0.6 is 18.7 Å². The topological polar surface area (TPSA) is 118 Å². The maximum Gasteiger partial charge on any atom is 0.252 e. The second-order valence-corrected chi connectivity index (χ2v) is 13.0. The zero-order chi connectivity index (χ0) is 28.0. The molecule has 0 aliphatic carbocycles. The summed E-state index contributed by atoms with van der Waals surface area (Å²) in [6.07, 6.45) is 1.47. The molecule has 12 heteroatoms. The molecular weight excluding hydrogens is 539 g/mol. The van der Waals surface area contributed by atoms with E-state index in [1.165, 1.54) is 6.20 Å². The number of carbonyl (C=O) groups is 1. The largest absolute Gasteiger partial charge is 0.495 e. The van der Waals surface area contributed by atoms with Crippen molar-refractivity contribution in [3.63, 3.8) is 0 Å². The average Bonchev–Trinajstić information content (AvgIpc) is 2.91. The maximum absolute atomic E-state index is 12.8. The molecule has 1 aromatic heterocycles. The van der Waals surface area contributed by atoms with E-state index in [9.17, 15) is 9.36 Å². The minimum atomic E-state index is -2.55. The molecule has 4 rings (SSSR count). The molecule has 3 aromatic rings. The van der Waals surface area contributed by atoms with Crippen molar-refractivity contribution < 1.29 is 18.8 Å². The first-order valence-electron chi connectivity index (χ1n) is 12.3. The number of rotatable bonds is 10. The van der Waals surface area contributed by atoms with Gasteiger partial charge >= 0.3 is 0 Å². The number of para-hydroxylation sites is 1. The molecule has 1 aliphatic heterocycles. The van der Waals surface area contributed by atoms with Crippen molar-refractivity contribution in [1.82, 2.24) is 14.9 Å². The van der Waals surface area contributed by atoms with Gasteiger partial charge in [0.25, 0.3) is 5.91 Å². The molecule has 0 radical (unpaired) electrons. The number of halogens is 1. The highest BCUT2D eigenvalue weighted by molar-refractivity contribution is 7.70. The Morgan fingerprint density at radius 2 is 1.90 bits per heavy atom. The summed E-state index contributed by atoms with van der Waals surface area (Å²) in [6, 6.07) is 12.5. The van der Waals surface area contributed by atoms with E-state index in [0.717, 1.165) is 13.1 Å². The number of benzene rings is 2. The third kappa shape index (κ3) is 7.58. The number of anilines is 5. The number of nitrogens with zero attached hydrogens (tertiary/aromatic N) is 3. The minimum absolute atomic E-state index is 0.245. The van der Waals surface area contributed by atoms with Crippen molar-refractivity contribution in [2.24, 2.45) is 0 Å². The summed E-state index contributed by atoms with van der Waals surface area (Å²) in [7, 11) is -1.01. The Morgan fingerprint density at radius 1 is 1.15 bits per heavy atom. The van der Waals surface area contributed by atoms with E-state index in [1.807, 2.05) is 24.3 Å². The monoisotopic (exact) mass is 570 g/mol. The lowest BCUT2D eigenvalue weighted by Crippen LogP contribution is -2.38. The highest BCUT2D eigenvalue weighted by Gasteiger charge is 2.18. The van der Waals surface area contributed by atoms with Gasteiger partial charge in [0.1, 0.15) is 17.9 Å². The quantitative estimate of drug-likeness (QED) is 0.235. The van der Waals surface area contributed by atoms with Gasteiger partial charge in [-0.25, -0.2) is 4.98 Å². The van der Waals surface area contributed by atoms with Gasteiger partial charge in [0.15, 0.2) is 5.82 Å². The molecule has 2 aromatic carbocycles. The molecule has 10 nitrogen and oxygen atoms in total. The zero-order valence-corrected chi connectivity index (χ0v) is 23.8. The van der Waals surface area contributed by atoms with Crippen LogP contribution in [0.3, 0.4) is 0 Å². The lowest BCUT2D eigenvalue weighted by atomic mass is 10.2. The number of aromatic nitrogens is 2. The Morgan fingerprint density at radius 3 is 2.62 bits per heavy atom. The Labute approximate surface area is 233 Å². The van der Waals surface area contributed by atoms with E-state index in [2.05, 4.69) is 37.4 Å². The van der Waals surface area contributed by atoms with Crippen LogP contribution in [0.1, 0.15) is 0 Å². The number of methoxy groups -OCH3 is 1. The molecule has 0 bridgehead atoms. The second-order valence-electron chi connectivity index (χ2n) is 9.37. The van der Waals surface area contributed by atoms with E-state index in [4.69, 9.17) is 21.1 Å². The van der Waals surface area contributed by atoms with Gasteiger partial charge in [-0.3, -0.25) is 9.69 Å². The number of hydrogen-bond donors (Lipinski definition) is 3. The van der Waals surface area contributed by atoms with Crippen molar-refractivity contribution in [3.05, 3.63) is 65.8 Å². The molecule has 206 valence electrons. The van der Waals surface area contributed by atoms with Gasteiger partial charge in [0.2, 0.25) is 5.95 Å². The van der Waals surface area contributed by atoms with Crippen LogP contribution in [0.25, 0.3) is 0 Å². The number of nitrogens with one attached hydrogen (secondary N) is 3. The van der Waals surface area contributed by atoms with Crippen LogP contribution in [-0.4, -0.2) is 74.1 Å². The Bertz CT molecular complexity index is 1410. The third-order valence-electron chi connectivity index (χ3n) is 6.02. The summed E-state index contributed by atoms with van der Waals surface area (Å²) < 4.78 is 23.6. The van der Waals surface area contributed by atoms with Crippen molar-refractivity contribution in [1.29, 1.82) is 0 Å². The first-order valence-corrected chi connectivity index (χ1v) is 15.3. The van der Waals surface area contributed by atoms with Crippen molar-refractivity contribution in [2.75, 3.05) is 69.2 Å². The third-order valence-corrected chi connectivity index (χ3v) is 7.85. The van der Waals surface area contributed by atoms with E-state index < -0.39 is 7.14 Å². The molecule has 39 heavy (non-hydrogen) atoms. The average molecular weight is 571 g/mol.